The van der Waals surface area contributed by atoms with Crippen LogP contribution >= 0.6 is 0 Å². The average molecular weight is 268 g/mol. The maximum absolute atomic E-state index is 5.60. The quantitative estimate of drug-likeness (QED) is 0.531. The molecule has 0 bridgehead atoms. The van der Waals surface area contributed by atoms with Gasteiger partial charge in [-0.1, -0.05) is 13.8 Å². The van der Waals surface area contributed by atoms with Crippen molar-refractivity contribution in [1.82, 2.24) is 15.2 Å². The van der Waals surface area contributed by atoms with Crippen molar-refractivity contribution in [1.29, 1.82) is 0 Å². The zero-order valence-electron chi connectivity index (χ0n) is 12.6. The van der Waals surface area contributed by atoms with Gasteiger partial charge < -0.3 is 4.74 Å². The smallest absolute Gasteiger partial charge is 0.0640 e. The fourth-order valence-corrected chi connectivity index (χ4v) is 2.31. The van der Waals surface area contributed by atoms with E-state index in [2.05, 4.69) is 41.3 Å². The Bertz CT molecular complexity index is 349. The number of nitrogens with two attached hydrogens (primary N) is 1. The normalized spacial score (nSPS) is 14.8. The molecular weight excluding hydrogens is 240 g/mol. The number of hydrazine groups is 1. The van der Waals surface area contributed by atoms with E-state index in [1.165, 1.54) is 0 Å². The molecule has 5 heteroatoms. The molecule has 0 amide bonds. The number of hydrogen-bond acceptors (Lipinski definition) is 4. The van der Waals surface area contributed by atoms with Gasteiger partial charge in [0.05, 0.1) is 17.8 Å². The number of methoxy groups -OCH3 is 1. The van der Waals surface area contributed by atoms with Crippen LogP contribution in [0.3, 0.4) is 0 Å². The van der Waals surface area contributed by atoms with Crippen molar-refractivity contribution in [3.63, 3.8) is 0 Å². The van der Waals surface area contributed by atoms with Gasteiger partial charge in [-0.15, -0.1) is 0 Å². The van der Waals surface area contributed by atoms with Crippen LogP contribution in [0.2, 0.25) is 0 Å². The van der Waals surface area contributed by atoms with Gasteiger partial charge in [0, 0.05) is 25.8 Å². The molecule has 0 fully saturated rings. The second-order valence-electron chi connectivity index (χ2n) is 5.11. The molecule has 1 rings (SSSR count). The van der Waals surface area contributed by atoms with Crippen LogP contribution in [0.15, 0.2) is 12.3 Å². The van der Waals surface area contributed by atoms with E-state index in [0.717, 1.165) is 31.4 Å². The van der Waals surface area contributed by atoms with Crippen molar-refractivity contribution in [3.05, 3.63) is 18.0 Å². The number of ether oxygens (including phenoxy) is 1. The third-order valence-electron chi connectivity index (χ3n) is 3.69. The molecule has 1 aromatic rings. The standard InChI is InChI=1S/C14H28N4O/c1-5-14(6-2)18-8-7-12(17-18)10-13(16-15)9-11(3)19-4/h7-8,11,13-14,16H,5-6,9-10,15H2,1-4H3. The molecule has 0 spiro atoms. The van der Waals surface area contributed by atoms with Gasteiger partial charge in [-0.05, 0) is 32.3 Å². The Morgan fingerprint density at radius 2 is 2.11 bits per heavy atom. The minimum Gasteiger partial charge on any atom is -0.382 e. The van der Waals surface area contributed by atoms with Crippen molar-refractivity contribution in [2.45, 2.75) is 64.6 Å². The van der Waals surface area contributed by atoms with Crippen LogP contribution in [0, 0.1) is 0 Å². The number of aromatic nitrogens is 2. The summed E-state index contributed by atoms with van der Waals surface area (Å²) < 4.78 is 7.35. The van der Waals surface area contributed by atoms with Gasteiger partial charge in [-0.3, -0.25) is 16.0 Å². The molecular formula is C14H28N4O. The van der Waals surface area contributed by atoms with Gasteiger partial charge in [0.2, 0.25) is 0 Å². The Kier molecular flexibility index (Phi) is 7.05. The van der Waals surface area contributed by atoms with Crippen LogP contribution in [-0.4, -0.2) is 29.0 Å². The van der Waals surface area contributed by atoms with E-state index in [1.807, 2.05) is 6.92 Å². The number of hydrogen-bond donors (Lipinski definition) is 2. The van der Waals surface area contributed by atoms with Gasteiger partial charge in [0.25, 0.3) is 0 Å². The molecule has 3 N–H and O–H groups in total. The lowest BCUT2D eigenvalue weighted by atomic mass is 10.1. The molecule has 1 heterocycles. The van der Waals surface area contributed by atoms with Gasteiger partial charge >= 0.3 is 0 Å². The molecule has 0 saturated carbocycles. The Hall–Kier alpha value is -0.910. The van der Waals surface area contributed by atoms with E-state index < -0.39 is 0 Å². The first-order valence-electron chi connectivity index (χ1n) is 7.17. The highest BCUT2D eigenvalue weighted by atomic mass is 16.5. The minimum atomic E-state index is 0.194. The molecule has 0 aliphatic carbocycles. The first-order valence-corrected chi connectivity index (χ1v) is 7.17. The Morgan fingerprint density at radius 3 is 2.63 bits per heavy atom. The molecule has 5 nitrogen and oxygen atoms in total. The molecule has 19 heavy (non-hydrogen) atoms. The first kappa shape index (κ1) is 16.1. The van der Waals surface area contributed by atoms with E-state index >= 15 is 0 Å². The molecule has 0 radical (unpaired) electrons. The fraction of sp³-hybridized carbons (Fsp3) is 0.786. The lowest BCUT2D eigenvalue weighted by Gasteiger charge is -2.18. The van der Waals surface area contributed by atoms with Crippen LogP contribution < -0.4 is 11.3 Å². The Morgan fingerprint density at radius 1 is 1.42 bits per heavy atom. The summed E-state index contributed by atoms with van der Waals surface area (Å²) in [6, 6.07) is 2.77. The van der Waals surface area contributed by atoms with Crippen LogP contribution in [0.5, 0.6) is 0 Å². The highest BCUT2D eigenvalue weighted by Gasteiger charge is 2.15. The molecule has 0 aromatic carbocycles. The zero-order valence-corrected chi connectivity index (χ0v) is 12.6. The monoisotopic (exact) mass is 268 g/mol. The summed E-state index contributed by atoms with van der Waals surface area (Å²) in [7, 11) is 1.72. The van der Waals surface area contributed by atoms with E-state index in [-0.39, 0.29) is 12.1 Å². The van der Waals surface area contributed by atoms with Crippen molar-refractivity contribution < 1.29 is 4.74 Å². The number of rotatable bonds is 9. The van der Waals surface area contributed by atoms with Gasteiger partial charge in [0.15, 0.2) is 0 Å². The molecule has 2 atom stereocenters. The summed E-state index contributed by atoms with van der Waals surface area (Å²) in [4.78, 5) is 0. The lowest BCUT2D eigenvalue weighted by molar-refractivity contribution is 0.100. The molecule has 110 valence electrons. The molecule has 0 aliphatic rings. The Balaban J connectivity index is 2.60. The summed E-state index contributed by atoms with van der Waals surface area (Å²) >= 11 is 0. The summed E-state index contributed by atoms with van der Waals surface area (Å²) in [5.41, 5.74) is 3.93. The van der Waals surface area contributed by atoms with Crippen molar-refractivity contribution in [3.8, 4) is 0 Å². The number of nitrogens with zero attached hydrogens (tertiary/aromatic N) is 2. The number of nitrogens with one attached hydrogen (secondary N) is 1. The van der Waals surface area contributed by atoms with Crippen LogP contribution in [-0.2, 0) is 11.2 Å². The molecule has 0 saturated heterocycles. The topological polar surface area (TPSA) is 65.1 Å². The largest absolute Gasteiger partial charge is 0.382 e. The third kappa shape index (κ3) is 4.93. The molecule has 2 unspecified atom stereocenters. The molecule has 0 aliphatic heterocycles. The van der Waals surface area contributed by atoms with Gasteiger partial charge in [-0.25, -0.2) is 0 Å². The van der Waals surface area contributed by atoms with Crippen molar-refractivity contribution in [2.75, 3.05) is 7.11 Å². The second kappa shape index (κ2) is 8.30. The maximum atomic E-state index is 5.60. The average Bonchev–Trinajstić information content (AvgIpc) is 2.87. The maximum Gasteiger partial charge on any atom is 0.0640 e. The summed E-state index contributed by atoms with van der Waals surface area (Å²) in [6.45, 7) is 6.44. The van der Waals surface area contributed by atoms with Crippen LogP contribution in [0.4, 0.5) is 0 Å². The van der Waals surface area contributed by atoms with E-state index in [9.17, 15) is 0 Å². The van der Waals surface area contributed by atoms with Crippen molar-refractivity contribution >= 4 is 0 Å². The third-order valence-corrected chi connectivity index (χ3v) is 3.69. The van der Waals surface area contributed by atoms with E-state index in [0.29, 0.717) is 6.04 Å². The highest BCUT2D eigenvalue weighted by molar-refractivity contribution is 5.02. The fourth-order valence-electron chi connectivity index (χ4n) is 2.31. The lowest BCUT2D eigenvalue weighted by Crippen LogP contribution is -2.39. The first-order chi connectivity index (χ1) is 9.14. The van der Waals surface area contributed by atoms with Crippen LogP contribution in [0.1, 0.15) is 51.8 Å². The summed E-state index contributed by atoms with van der Waals surface area (Å²) in [6.07, 6.45) is 6.19. The minimum absolute atomic E-state index is 0.194. The van der Waals surface area contributed by atoms with E-state index in [1.54, 1.807) is 7.11 Å². The summed E-state index contributed by atoms with van der Waals surface area (Å²) in [5, 5.41) is 4.65. The van der Waals surface area contributed by atoms with Crippen LogP contribution in [0.25, 0.3) is 0 Å². The predicted molar refractivity (Wildman–Crippen MR) is 77.7 cm³/mol. The van der Waals surface area contributed by atoms with Gasteiger partial charge in [-0.2, -0.15) is 5.10 Å². The van der Waals surface area contributed by atoms with E-state index in [4.69, 9.17) is 10.6 Å². The highest BCUT2D eigenvalue weighted by Crippen LogP contribution is 2.15. The van der Waals surface area contributed by atoms with Crippen molar-refractivity contribution in [2.24, 2.45) is 5.84 Å². The molecule has 1 aromatic heterocycles. The van der Waals surface area contributed by atoms with Gasteiger partial charge in [0.1, 0.15) is 0 Å². The summed E-state index contributed by atoms with van der Waals surface area (Å²) in [5.74, 6) is 5.60. The predicted octanol–water partition coefficient (Wildman–Crippen LogP) is 2.04. The zero-order chi connectivity index (χ0) is 14.3. The SMILES string of the molecule is CCC(CC)n1ccc(CC(CC(C)OC)NN)n1. The second-order valence-corrected chi connectivity index (χ2v) is 5.11. The Labute approximate surface area is 116 Å².